The van der Waals surface area contributed by atoms with Crippen molar-refractivity contribution < 1.29 is 9.53 Å². The maximum absolute atomic E-state index is 11.4. The first-order valence-electron chi connectivity index (χ1n) is 7.11. The molecule has 6 nitrogen and oxygen atoms in total. The van der Waals surface area contributed by atoms with Crippen LogP contribution in [0.25, 0.3) is 0 Å². The molecule has 1 saturated carbocycles. The molecule has 6 heteroatoms. The number of hydrogen-bond acceptors (Lipinski definition) is 6. The van der Waals surface area contributed by atoms with E-state index in [1.807, 2.05) is 0 Å². The molecule has 0 amide bonds. The van der Waals surface area contributed by atoms with Gasteiger partial charge in [-0.05, 0) is 18.8 Å². The van der Waals surface area contributed by atoms with Crippen LogP contribution in [0, 0.1) is 5.92 Å². The van der Waals surface area contributed by atoms with E-state index in [1.54, 1.807) is 6.20 Å². The molecule has 1 heterocycles. The van der Waals surface area contributed by atoms with Crippen molar-refractivity contribution >= 4 is 11.8 Å². The second-order valence-electron chi connectivity index (χ2n) is 5.17. The fraction of sp³-hybridized carbons (Fsp3) is 0.643. The summed E-state index contributed by atoms with van der Waals surface area (Å²) in [6, 6.07) is 0.178. The number of ether oxygens (including phenoxy) is 1. The monoisotopic (exact) mass is 278 g/mol. The van der Waals surface area contributed by atoms with Crippen molar-refractivity contribution in [1.29, 1.82) is 0 Å². The van der Waals surface area contributed by atoms with E-state index >= 15 is 0 Å². The number of nitrogens with one attached hydrogen (secondary N) is 1. The van der Waals surface area contributed by atoms with E-state index in [2.05, 4.69) is 20.0 Å². The zero-order chi connectivity index (χ0) is 14.4. The highest BCUT2D eigenvalue weighted by molar-refractivity contribution is 5.87. The van der Waals surface area contributed by atoms with Crippen LogP contribution in [0.1, 0.15) is 42.6 Å². The van der Waals surface area contributed by atoms with Crippen molar-refractivity contribution in [3.8, 4) is 0 Å². The standard InChI is InChI=1S/C14H22N4O2/c1-20-14(19)12-8-16-9-13(18-12)17-11(7-15)10-5-3-2-4-6-10/h8-11H,2-7,15H2,1H3,(H,17,18). The van der Waals surface area contributed by atoms with Gasteiger partial charge in [-0.2, -0.15) is 0 Å². The van der Waals surface area contributed by atoms with Gasteiger partial charge in [-0.3, -0.25) is 4.98 Å². The van der Waals surface area contributed by atoms with Crippen LogP contribution in [0.2, 0.25) is 0 Å². The molecule has 1 aromatic heterocycles. The smallest absolute Gasteiger partial charge is 0.358 e. The quantitative estimate of drug-likeness (QED) is 0.795. The van der Waals surface area contributed by atoms with E-state index in [0.717, 1.165) is 0 Å². The Balaban J connectivity index is 2.05. The van der Waals surface area contributed by atoms with Crippen molar-refractivity contribution in [1.82, 2.24) is 9.97 Å². The summed E-state index contributed by atoms with van der Waals surface area (Å²) in [7, 11) is 1.33. The molecule has 1 unspecified atom stereocenters. The lowest BCUT2D eigenvalue weighted by Gasteiger charge is -2.30. The Labute approximate surface area is 119 Å². The lowest BCUT2D eigenvalue weighted by atomic mass is 9.84. The molecular weight excluding hydrogens is 256 g/mol. The SMILES string of the molecule is COC(=O)c1cncc(NC(CN)C2CCCCC2)n1. The van der Waals surface area contributed by atoms with Gasteiger partial charge >= 0.3 is 5.97 Å². The number of rotatable bonds is 5. The summed E-state index contributed by atoms with van der Waals surface area (Å²) in [5.41, 5.74) is 6.08. The first-order valence-corrected chi connectivity index (χ1v) is 7.11. The number of nitrogens with two attached hydrogens (primary N) is 1. The van der Waals surface area contributed by atoms with Crippen molar-refractivity contribution in [3.05, 3.63) is 18.1 Å². The van der Waals surface area contributed by atoms with Crippen molar-refractivity contribution in [2.24, 2.45) is 11.7 Å². The molecule has 0 aliphatic heterocycles. The Hall–Kier alpha value is -1.69. The Kier molecular flexibility index (Phi) is 5.29. The van der Waals surface area contributed by atoms with Crippen LogP contribution in [-0.4, -0.2) is 35.6 Å². The van der Waals surface area contributed by atoms with Crippen molar-refractivity contribution in [2.75, 3.05) is 19.0 Å². The van der Waals surface area contributed by atoms with Gasteiger partial charge in [0.05, 0.1) is 19.5 Å². The third-order valence-electron chi connectivity index (χ3n) is 3.84. The lowest BCUT2D eigenvalue weighted by Crippen LogP contribution is -2.37. The van der Waals surface area contributed by atoms with Gasteiger partial charge in [-0.1, -0.05) is 19.3 Å². The van der Waals surface area contributed by atoms with E-state index < -0.39 is 5.97 Å². The summed E-state index contributed by atoms with van der Waals surface area (Å²) in [5.74, 6) is 0.661. The van der Waals surface area contributed by atoms with Crippen LogP contribution in [0.5, 0.6) is 0 Å². The van der Waals surface area contributed by atoms with Gasteiger partial charge in [0.15, 0.2) is 5.69 Å². The normalized spacial score (nSPS) is 17.5. The van der Waals surface area contributed by atoms with Gasteiger partial charge in [0, 0.05) is 12.6 Å². The summed E-state index contributed by atoms with van der Waals surface area (Å²) >= 11 is 0. The Morgan fingerprint density at radius 3 is 2.85 bits per heavy atom. The van der Waals surface area contributed by atoms with Crippen LogP contribution in [0.3, 0.4) is 0 Å². The molecule has 0 bridgehead atoms. The average molecular weight is 278 g/mol. The number of hydrogen-bond donors (Lipinski definition) is 2. The maximum Gasteiger partial charge on any atom is 0.358 e. The number of nitrogens with zero attached hydrogens (tertiary/aromatic N) is 2. The maximum atomic E-state index is 11.4. The third kappa shape index (κ3) is 3.66. The topological polar surface area (TPSA) is 90.1 Å². The van der Waals surface area contributed by atoms with Gasteiger partial charge in [-0.15, -0.1) is 0 Å². The largest absolute Gasteiger partial charge is 0.464 e. The van der Waals surface area contributed by atoms with Crippen LogP contribution in [0.15, 0.2) is 12.4 Å². The van der Waals surface area contributed by atoms with Crippen molar-refractivity contribution in [3.63, 3.8) is 0 Å². The molecule has 3 N–H and O–H groups in total. The highest BCUT2D eigenvalue weighted by Gasteiger charge is 2.23. The molecule has 110 valence electrons. The minimum absolute atomic E-state index is 0.178. The van der Waals surface area contributed by atoms with Crippen LogP contribution in [0.4, 0.5) is 5.82 Å². The molecule has 1 aliphatic rings. The third-order valence-corrected chi connectivity index (χ3v) is 3.84. The number of esters is 1. The van der Waals surface area contributed by atoms with Crippen molar-refractivity contribution in [2.45, 2.75) is 38.1 Å². The van der Waals surface area contributed by atoms with E-state index in [1.165, 1.54) is 45.4 Å². The van der Waals surface area contributed by atoms with Gasteiger partial charge < -0.3 is 15.8 Å². The zero-order valence-electron chi connectivity index (χ0n) is 11.8. The number of aromatic nitrogens is 2. The predicted molar refractivity (Wildman–Crippen MR) is 76.4 cm³/mol. The number of carbonyl (C=O) groups is 1. The second kappa shape index (κ2) is 7.19. The Bertz CT molecular complexity index is 447. The Morgan fingerprint density at radius 2 is 2.20 bits per heavy atom. The number of methoxy groups -OCH3 is 1. The van der Waals surface area contributed by atoms with Gasteiger partial charge in [0.25, 0.3) is 0 Å². The minimum Gasteiger partial charge on any atom is -0.464 e. The molecule has 2 rings (SSSR count). The molecule has 1 atom stereocenters. The molecule has 0 saturated heterocycles. The first-order chi connectivity index (χ1) is 9.74. The summed E-state index contributed by atoms with van der Waals surface area (Å²) in [6.45, 7) is 0.550. The fourth-order valence-electron chi connectivity index (χ4n) is 2.73. The second-order valence-corrected chi connectivity index (χ2v) is 5.17. The zero-order valence-corrected chi connectivity index (χ0v) is 11.8. The van der Waals surface area contributed by atoms with Gasteiger partial charge in [-0.25, -0.2) is 9.78 Å². The summed E-state index contributed by atoms with van der Waals surface area (Å²) < 4.78 is 4.64. The molecule has 0 spiro atoms. The summed E-state index contributed by atoms with van der Waals surface area (Å²) in [6.07, 6.45) is 9.23. The number of carbonyl (C=O) groups excluding carboxylic acids is 1. The minimum atomic E-state index is -0.483. The molecule has 20 heavy (non-hydrogen) atoms. The molecule has 1 aliphatic carbocycles. The molecule has 1 aromatic rings. The highest BCUT2D eigenvalue weighted by Crippen LogP contribution is 2.27. The summed E-state index contributed by atoms with van der Waals surface area (Å²) in [4.78, 5) is 19.7. The average Bonchev–Trinajstić information content (AvgIpc) is 2.53. The van der Waals surface area contributed by atoms with E-state index in [-0.39, 0.29) is 11.7 Å². The summed E-state index contributed by atoms with van der Waals surface area (Å²) in [5, 5.41) is 3.31. The Morgan fingerprint density at radius 1 is 1.45 bits per heavy atom. The van der Waals surface area contributed by atoms with E-state index in [4.69, 9.17) is 5.73 Å². The molecule has 0 radical (unpaired) electrons. The van der Waals surface area contributed by atoms with Crippen LogP contribution < -0.4 is 11.1 Å². The number of anilines is 1. The van der Waals surface area contributed by atoms with Crippen LogP contribution >= 0.6 is 0 Å². The molecular formula is C14H22N4O2. The molecule has 1 fully saturated rings. The van der Waals surface area contributed by atoms with E-state index in [9.17, 15) is 4.79 Å². The first kappa shape index (κ1) is 14.7. The predicted octanol–water partition coefficient (Wildman–Crippen LogP) is 1.58. The van der Waals surface area contributed by atoms with E-state index in [0.29, 0.717) is 18.3 Å². The van der Waals surface area contributed by atoms with Gasteiger partial charge in [0.2, 0.25) is 0 Å². The highest BCUT2D eigenvalue weighted by atomic mass is 16.5. The fourth-order valence-corrected chi connectivity index (χ4v) is 2.73. The lowest BCUT2D eigenvalue weighted by molar-refractivity contribution is 0.0593. The van der Waals surface area contributed by atoms with Gasteiger partial charge in [0.1, 0.15) is 5.82 Å². The van der Waals surface area contributed by atoms with Crippen LogP contribution in [-0.2, 0) is 4.74 Å². The molecule has 0 aromatic carbocycles.